The Morgan fingerprint density at radius 2 is 1.96 bits per heavy atom. The molecule has 118 valence electrons. The highest BCUT2D eigenvalue weighted by molar-refractivity contribution is 6.01. The van der Waals surface area contributed by atoms with Crippen LogP contribution in [0.4, 0.5) is 11.6 Å². The third-order valence-corrected chi connectivity index (χ3v) is 3.47. The van der Waals surface area contributed by atoms with Crippen molar-refractivity contribution in [3.8, 4) is 0 Å². The van der Waals surface area contributed by atoms with Gasteiger partial charge >= 0.3 is 0 Å². The fourth-order valence-electron chi connectivity index (χ4n) is 2.28. The Morgan fingerprint density at radius 3 is 2.74 bits per heavy atom. The highest BCUT2D eigenvalue weighted by Crippen LogP contribution is 2.15. The summed E-state index contributed by atoms with van der Waals surface area (Å²) >= 11 is 0. The Hall–Kier alpha value is -2.73. The number of nitrogens with one attached hydrogen (secondary N) is 1. The molecule has 6 heteroatoms. The van der Waals surface area contributed by atoms with E-state index in [0.717, 1.165) is 24.5 Å². The molecule has 0 saturated carbocycles. The summed E-state index contributed by atoms with van der Waals surface area (Å²) in [5.41, 5.74) is 0.972. The maximum atomic E-state index is 12.0. The van der Waals surface area contributed by atoms with Crippen LogP contribution in [0.5, 0.6) is 0 Å². The minimum absolute atomic E-state index is 0.222. The van der Waals surface area contributed by atoms with Gasteiger partial charge in [-0.15, -0.1) is 0 Å². The van der Waals surface area contributed by atoms with Crippen molar-refractivity contribution in [1.29, 1.82) is 0 Å². The molecule has 0 bridgehead atoms. The number of carbonyl (C=O) groups is 1. The quantitative estimate of drug-likeness (QED) is 0.875. The summed E-state index contributed by atoms with van der Waals surface area (Å²) in [5.74, 6) is 1.07. The van der Waals surface area contributed by atoms with Crippen molar-refractivity contribution < 1.29 is 9.53 Å². The number of ether oxygens (including phenoxy) is 1. The molecule has 3 rings (SSSR count). The monoisotopic (exact) mass is 310 g/mol. The molecular formula is C17H18N4O2. The molecule has 0 aliphatic carbocycles. The molecule has 0 unspecified atom stereocenters. The van der Waals surface area contributed by atoms with Gasteiger partial charge in [0.2, 0.25) is 5.91 Å². The molecule has 2 heterocycles. The number of rotatable bonds is 4. The van der Waals surface area contributed by atoms with E-state index < -0.39 is 0 Å². The van der Waals surface area contributed by atoms with Gasteiger partial charge in [0.15, 0.2) is 0 Å². The minimum atomic E-state index is -0.222. The van der Waals surface area contributed by atoms with Gasteiger partial charge in [-0.1, -0.05) is 30.3 Å². The first-order chi connectivity index (χ1) is 11.3. The number of carbonyl (C=O) groups excluding carboxylic acids is 1. The van der Waals surface area contributed by atoms with Crippen molar-refractivity contribution >= 4 is 23.6 Å². The average Bonchev–Trinajstić information content (AvgIpc) is 2.62. The molecule has 1 aliphatic heterocycles. The molecule has 0 radical (unpaired) electrons. The van der Waals surface area contributed by atoms with Gasteiger partial charge in [-0.3, -0.25) is 4.79 Å². The lowest BCUT2D eigenvalue weighted by Gasteiger charge is -2.27. The van der Waals surface area contributed by atoms with E-state index in [1.54, 1.807) is 12.1 Å². The molecule has 1 aromatic heterocycles. The van der Waals surface area contributed by atoms with Crippen molar-refractivity contribution in [2.75, 3.05) is 36.5 Å². The summed E-state index contributed by atoms with van der Waals surface area (Å²) in [7, 11) is 0. The van der Waals surface area contributed by atoms with Crippen molar-refractivity contribution in [2.24, 2.45) is 0 Å². The van der Waals surface area contributed by atoms with E-state index in [4.69, 9.17) is 4.74 Å². The molecule has 1 amide bonds. The predicted octanol–water partition coefficient (Wildman–Crippen LogP) is 1.97. The molecule has 6 nitrogen and oxygen atoms in total. The van der Waals surface area contributed by atoms with Crippen LogP contribution >= 0.6 is 0 Å². The van der Waals surface area contributed by atoms with E-state index in [1.807, 2.05) is 30.3 Å². The second-order valence-corrected chi connectivity index (χ2v) is 5.09. The van der Waals surface area contributed by atoms with Crippen LogP contribution in [0, 0.1) is 0 Å². The average molecular weight is 310 g/mol. The van der Waals surface area contributed by atoms with Crippen molar-refractivity contribution in [1.82, 2.24) is 9.97 Å². The van der Waals surface area contributed by atoms with Crippen LogP contribution in [0.2, 0.25) is 0 Å². The maximum Gasteiger partial charge on any atom is 0.249 e. The normalized spacial score (nSPS) is 14.9. The van der Waals surface area contributed by atoms with Crippen LogP contribution in [-0.4, -0.2) is 42.2 Å². The molecule has 0 atom stereocenters. The fraction of sp³-hybridized carbons (Fsp3) is 0.235. The molecular weight excluding hydrogens is 292 g/mol. The number of amides is 1. The number of benzene rings is 1. The highest BCUT2D eigenvalue weighted by atomic mass is 16.5. The second-order valence-electron chi connectivity index (χ2n) is 5.09. The molecule has 1 N–H and O–H groups in total. The lowest BCUT2D eigenvalue weighted by Crippen LogP contribution is -2.36. The van der Waals surface area contributed by atoms with Gasteiger partial charge in [0.25, 0.3) is 0 Å². The lowest BCUT2D eigenvalue weighted by molar-refractivity contribution is -0.111. The van der Waals surface area contributed by atoms with Gasteiger partial charge in [-0.25, -0.2) is 9.97 Å². The number of hydrogen-bond acceptors (Lipinski definition) is 5. The van der Waals surface area contributed by atoms with Crippen LogP contribution in [0.1, 0.15) is 5.56 Å². The van der Waals surface area contributed by atoms with Crippen LogP contribution in [0.15, 0.2) is 48.8 Å². The SMILES string of the molecule is O=C(/C=C/c1ccccc1)Nc1cc(N2CCOCC2)ncn1. The number of aromatic nitrogens is 2. The Labute approximate surface area is 134 Å². The van der Waals surface area contributed by atoms with Gasteiger partial charge in [0, 0.05) is 25.2 Å². The fourth-order valence-corrected chi connectivity index (χ4v) is 2.28. The van der Waals surface area contributed by atoms with E-state index >= 15 is 0 Å². The highest BCUT2D eigenvalue weighted by Gasteiger charge is 2.13. The maximum absolute atomic E-state index is 12.0. The largest absolute Gasteiger partial charge is 0.378 e. The molecule has 23 heavy (non-hydrogen) atoms. The smallest absolute Gasteiger partial charge is 0.249 e. The Morgan fingerprint density at radius 1 is 1.17 bits per heavy atom. The lowest BCUT2D eigenvalue weighted by atomic mass is 10.2. The molecule has 2 aromatic rings. The molecule has 0 spiro atoms. The summed E-state index contributed by atoms with van der Waals surface area (Å²) in [6, 6.07) is 11.4. The standard InChI is InChI=1S/C17H18N4O2/c22-17(7-6-14-4-2-1-3-5-14)20-15-12-16(19-13-18-15)21-8-10-23-11-9-21/h1-7,12-13H,8-11H2,(H,18,19,20,22)/b7-6+. The zero-order valence-electron chi connectivity index (χ0n) is 12.7. The zero-order chi connectivity index (χ0) is 15.9. The topological polar surface area (TPSA) is 67.4 Å². The van der Waals surface area contributed by atoms with Crippen LogP contribution in [0.3, 0.4) is 0 Å². The van der Waals surface area contributed by atoms with Crippen molar-refractivity contribution in [2.45, 2.75) is 0 Å². The summed E-state index contributed by atoms with van der Waals surface area (Å²) in [6.45, 7) is 2.95. The summed E-state index contributed by atoms with van der Waals surface area (Å²) in [5, 5.41) is 2.76. The first kappa shape index (κ1) is 15.2. The van der Waals surface area contributed by atoms with Gasteiger partial charge in [-0.2, -0.15) is 0 Å². The Kier molecular flexibility index (Phi) is 4.95. The van der Waals surface area contributed by atoms with Crippen LogP contribution < -0.4 is 10.2 Å². The van der Waals surface area contributed by atoms with E-state index in [1.165, 1.54) is 12.4 Å². The minimum Gasteiger partial charge on any atom is -0.378 e. The van der Waals surface area contributed by atoms with E-state index in [9.17, 15) is 4.79 Å². The van der Waals surface area contributed by atoms with E-state index in [0.29, 0.717) is 19.0 Å². The van der Waals surface area contributed by atoms with Gasteiger partial charge < -0.3 is 15.0 Å². The molecule has 1 aliphatic rings. The predicted molar refractivity (Wildman–Crippen MR) is 89.2 cm³/mol. The Bertz CT molecular complexity index is 682. The van der Waals surface area contributed by atoms with Crippen molar-refractivity contribution in [3.05, 3.63) is 54.4 Å². The molecule has 1 saturated heterocycles. The number of hydrogen-bond donors (Lipinski definition) is 1. The second kappa shape index (κ2) is 7.51. The van der Waals surface area contributed by atoms with Gasteiger partial charge in [-0.05, 0) is 11.6 Å². The number of morpholine rings is 1. The third kappa shape index (κ3) is 4.37. The van der Waals surface area contributed by atoms with E-state index in [-0.39, 0.29) is 5.91 Å². The summed E-state index contributed by atoms with van der Waals surface area (Å²) < 4.78 is 5.33. The number of nitrogens with zero attached hydrogens (tertiary/aromatic N) is 3. The number of anilines is 2. The Balaban J connectivity index is 1.63. The summed E-state index contributed by atoms with van der Waals surface area (Å²) in [4.78, 5) is 22.4. The van der Waals surface area contributed by atoms with E-state index in [2.05, 4.69) is 20.2 Å². The van der Waals surface area contributed by atoms with Crippen LogP contribution in [0.25, 0.3) is 6.08 Å². The van der Waals surface area contributed by atoms with Gasteiger partial charge in [0.05, 0.1) is 13.2 Å². The zero-order valence-corrected chi connectivity index (χ0v) is 12.7. The molecule has 1 fully saturated rings. The summed E-state index contributed by atoms with van der Waals surface area (Å²) in [6.07, 6.45) is 4.71. The molecule has 1 aromatic carbocycles. The first-order valence-corrected chi connectivity index (χ1v) is 7.50. The van der Waals surface area contributed by atoms with Crippen LogP contribution in [-0.2, 0) is 9.53 Å². The third-order valence-electron chi connectivity index (χ3n) is 3.47. The first-order valence-electron chi connectivity index (χ1n) is 7.50. The van der Waals surface area contributed by atoms with Gasteiger partial charge in [0.1, 0.15) is 18.0 Å². The van der Waals surface area contributed by atoms with Crippen molar-refractivity contribution in [3.63, 3.8) is 0 Å².